The molecule has 2 fully saturated rings. The lowest BCUT2D eigenvalue weighted by atomic mass is 10.1. The van der Waals surface area contributed by atoms with Crippen LogP contribution in [0, 0.1) is 0 Å². The highest BCUT2D eigenvalue weighted by Gasteiger charge is 2.29. The van der Waals surface area contributed by atoms with E-state index < -0.39 is 9.84 Å². The van der Waals surface area contributed by atoms with Gasteiger partial charge in [0.15, 0.2) is 9.84 Å². The van der Waals surface area contributed by atoms with Gasteiger partial charge in [0.25, 0.3) is 0 Å². The summed E-state index contributed by atoms with van der Waals surface area (Å²) in [5.41, 5.74) is 0. The van der Waals surface area contributed by atoms with Crippen LogP contribution in [-0.4, -0.2) is 56.4 Å². The fourth-order valence-electron chi connectivity index (χ4n) is 2.39. The number of nitrogens with zero attached hydrogens (tertiary/aromatic N) is 1. The van der Waals surface area contributed by atoms with E-state index in [-0.39, 0.29) is 23.5 Å². The SMILES string of the molecule is O=C(C1CCCCCN1)N1CCS(=O)(=O)CC1. The van der Waals surface area contributed by atoms with E-state index in [4.69, 9.17) is 0 Å². The first-order chi connectivity index (χ1) is 8.08. The molecule has 0 saturated carbocycles. The molecule has 1 atom stereocenters. The van der Waals surface area contributed by atoms with Crippen molar-refractivity contribution < 1.29 is 13.2 Å². The second-order valence-electron chi connectivity index (χ2n) is 4.83. The summed E-state index contributed by atoms with van der Waals surface area (Å²) in [5, 5.41) is 3.26. The van der Waals surface area contributed by atoms with E-state index in [2.05, 4.69) is 5.32 Å². The molecule has 2 aliphatic rings. The summed E-state index contributed by atoms with van der Waals surface area (Å²) in [5.74, 6) is 0.318. The van der Waals surface area contributed by atoms with Gasteiger partial charge < -0.3 is 10.2 Å². The monoisotopic (exact) mass is 260 g/mol. The summed E-state index contributed by atoms with van der Waals surface area (Å²) in [6.45, 7) is 1.61. The highest BCUT2D eigenvalue weighted by molar-refractivity contribution is 7.91. The van der Waals surface area contributed by atoms with Gasteiger partial charge in [-0.3, -0.25) is 4.79 Å². The van der Waals surface area contributed by atoms with Gasteiger partial charge in [0.05, 0.1) is 17.5 Å². The standard InChI is InChI=1S/C11H20N2O3S/c14-11(10-4-2-1-3-5-12-10)13-6-8-17(15,16)9-7-13/h10,12H,1-9H2. The van der Waals surface area contributed by atoms with E-state index in [1.807, 2.05) is 0 Å². The quantitative estimate of drug-likeness (QED) is 0.707. The first-order valence-corrected chi connectivity index (χ1v) is 8.13. The van der Waals surface area contributed by atoms with Crippen LogP contribution in [0.15, 0.2) is 0 Å². The second-order valence-corrected chi connectivity index (χ2v) is 7.14. The summed E-state index contributed by atoms with van der Waals surface area (Å²) in [4.78, 5) is 13.9. The molecular weight excluding hydrogens is 240 g/mol. The molecule has 2 heterocycles. The van der Waals surface area contributed by atoms with Crippen molar-refractivity contribution in [3.8, 4) is 0 Å². The minimum Gasteiger partial charge on any atom is -0.339 e. The molecule has 0 aliphatic carbocycles. The number of sulfone groups is 1. The number of nitrogens with one attached hydrogen (secondary N) is 1. The first kappa shape index (κ1) is 12.8. The molecule has 2 aliphatic heterocycles. The van der Waals surface area contributed by atoms with Crippen LogP contribution in [-0.2, 0) is 14.6 Å². The molecule has 6 heteroatoms. The molecule has 17 heavy (non-hydrogen) atoms. The largest absolute Gasteiger partial charge is 0.339 e. The third kappa shape index (κ3) is 3.42. The predicted molar refractivity (Wildman–Crippen MR) is 65.5 cm³/mol. The van der Waals surface area contributed by atoms with Gasteiger partial charge in [-0.2, -0.15) is 0 Å². The molecule has 0 radical (unpaired) electrons. The Balaban J connectivity index is 1.91. The Kier molecular flexibility index (Phi) is 4.04. The Hall–Kier alpha value is -0.620. The van der Waals surface area contributed by atoms with Gasteiger partial charge in [0.2, 0.25) is 5.91 Å². The molecule has 0 aromatic rings. The summed E-state index contributed by atoms with van der Waals surface area (Å²) < 4.78 is 22.6. The van der Waals surface area contributed by atoms with Crippen molar-refractivity contribution in [2.24, 2.45) is 0 Å². The average molecular weight is 260 g/mol. The average Bonchev–Trinajstić information content (AvgIpc) is 2.56. The van der Waals surface area contributed by atoms with Crippen LogP contribution in [0.5, 0.6) is 0 Å². The number of hydrogen-bond acceptors (Lipinski definition) is 4. The van der Waals surface area contributed by atoms with E-state index >= 15 is 0 Å². The first-order valence-electron chi connectivity index (χ1n) is 6.31. The third-order valence-corrected chi connectivity index (χ3v) is 5.12. The van der Waals surface area contributed by atoms with Gasteiger partial charge in [-0.1, -0.05) is 12.8 Å². The van der Waals surface area contributed by atoms with Crippen LogP contribution in [0.4, 0.5) is 0 Å². The lowest BCUT2D eigenvalue weighted by molar-refractivity contribution is -0.133. The molecule has 5 nitrogen and oxygen atoms in total. The van der Waals surface area contributed by atoms with E-state index in [1.54, 1.807) is 4.90 Å². The molecule has 1 N–H and O–H groups in total. The van der Waals surface area contributed by atoms with Crippen LogP contribution < -0.4 is 5.32 Å². The Morgan fingerprint density at radius 2 is 1.82 bits per heavy atom. The maximum Gasteiger partial charge on any atom is 0.239 e. The van der Waals surface area contributed by atoms with Crippen LogP contribution in [0.3, 0.4) is 0 Å². The Bertz CT molecular complexity index is 358. The molecule has 98 valence electrons. The van der Waals surface area contributed by atoms with Crippen molar-refractivity contribution in [3.05, 3.63) is 0 Å². The van der Waals surface area contributed by atoms with Crippen LogP contribution in [0.1, 0.15) is 25.7 Å². The van der Waals surface area contributed by atoms with Crippen LogP contribution in [0.25, 0.3) is 0 Å². The molecule has 0 aromatic carbocycles. The van der Waals surface area contributed by atoms with Gasteiger partial charge in [-0.25, -0.2) is 8.42 Å². The molecule has 0 aromatic heterocycles. The number of hydrogen-bond donors (Lipinski definition) is 1. The zero-order chi connectivity index (χ0) is 12.3. The zero-order valence-corrected chi connectivity index (χ0v) is 10.8. The lowest BCUT2D eigenvalue weighted by Gasteiger charge is -2.30. The lowest BCUT2D eigenvalue weighted by Crippen LogP contribution is -2.51. The maximum atomic E-state index is 12.2. The molecule has 0 bridgehead atoms. The van der Waals surface area contributed by atoms with Gasteiger partial charge >= 0.3 is 0 Å². The fraction of sp³-hybridized carbons (Fsp3) is 0.909. The molecule has 0 spiro atoms. The Morgan fingerprint density at radius 1 is 1.12 bits per heavy atom. The van der Waals surface area contributed by atoms with E-state index in [0.717, 1.165) is 25.8 Å². The van der Waals surface area contributed by atoms with Crippen LogP contribution in [0.2, 0.25) is 0 Å². The van der Waals surface area contributed by atoms with Gasteiger partial charge in [0, 0.05) is 13.1 Å². The number of carbonyl (C=O) groups is 1. The predicted octanol–water partition coefficient (Wildman–Crippen LogP) is -0.224. The van der Waals surface area contributed by atoms with Crippen molar-refractivity contribution in [3.63, 3.8) is 0 Å². The number of amides is 1. The summed E-state index contributed by atoms with van der Waals surface area (Å²) in [6.07, 6.45) is 4.25. The summed E-state index contributed by atoms with van der Waals surface area (Å²) in [7, 11) is -2.90. The van der Waals surface area contributed by atoms with E-state index in [0.29, 0.717) is 13.1 Å². The van der Waals surface area contributed by atoms with Gasteiger partial charge in [-0.05, 0) is 19.4 Å². The summed E-state index contributed by atoms with van der Waals surface area (Å²) >= 11 is 0. The molecule has 1 amide bonds. The summed E-state index contributed by atoms with van der Waals surface area (Å²) in [6, 6.07) is -0.0988. The third-order valence-electron chi connectivity index (χ3n) is 3.51. The second kappa shape index (κ2) is 5.35. The van der Waals surface area contributed by atoms with Crippen LogP contribution >= 0.6 is 0 Å². The minimum absolute atomic E-state index is 0.0850. The highest BCUT2D eigenvalue weighted by Crippen LogP contribution is 2.12. The maximum absolute atomic E-state index is 12.2. The van der Waals surface area contributed by atoms with Crippen molar-refractivity contribution in [1.29, 1.82) is 0 Å². The van der Waals surface area contributed by atoms with Gasteiger partial charge in [-0.15, -0.1) is 0 Å². The Labute approximate surface area is 102 Å². The highest BCUT2D eigenvalue weighted by atomic mass is 32.2. The molecule has 1 unspecified atom stereocenters. The fourth-order valence-corrected chi connectivity index (χ4v) is 3.59. The minimum atomic E-state index is -2.90. The normalized spacial score (nSPS) is 29.6. The van der Waals surface area contributed by atoms with E-state index in [9.17, 15) is 13.2 Å². The topological polar surface area (TPSA) is 66.5 Å². The Morgan fingerprint density at radius 3 is 2.53 bits per heavy atom. The molecule has 2 saturated heterocycles. The van der Waals surface area contributed by atoms with Crippen molar-refractivity contribution in [1.82, 2.24) is 10.2 Å². The van der Waals surface area contributed by atoms with E-state index in [1.165, 1.54) is 6.42 Å². The molecule has 2 rings (SSSR count). The van der Waals surface area contributed by atoms with Crippen molar-refractivity contribution in [2.45, 2.75) is 31.7 Å². The number of carbonyl (C=O) groups excluding carboxylic acids is 1. The zero-order valence-electron chi connectivity index (χ0n) is 10.0. The van der Waals surface area contributed by atoms with Crippen molar-refractivity contribution in [2.75, 3.05) is 31.1 Å². The molecular formula is C11H20N2O3S. The van der Waals surface area contributed by atoms with Crippen molar-refractivity contribution >= 4 is 15.7 Å². The smallest absolute Gasteiger partial charge is 0.239 e. The van der Waals surface area contributed by atoms with Gasteiger partial charge in [0.1, 0.15) is 0 Å². The number of rotatable bonds is 1.